The molecule has 1 heterocycles. The van der Waals surface area contributed by atoms with E-state index in [9.17, 15) is 4.79 Å². The van der Waals surface area contributed by atoms with E-state index in [0.29, 0.717) is 17.6 Å². The van der Waals surface area contributed by atoms with Gasteiger partial charge in [-0.2, -0.15) is 5.10 Å². The smallest absolute Gasteiger partial charge is 0.185 e. The second-order valence-corrected chi connectivity index (χ2v) is 6.38. The van der Waals surface area contributed by atoms with Crippen LogP contribution in [0.4, 0.5) is 0 Å². The summed E-state index contributed by atoms with van der Waals surface area (Å²) in [7, 11) is 0. The van der Waals surface area contributed by atoms with Crippen molar-refractivity contribution in [2.75, 3.05) is 0 Å². The molecule has 0 saturated heterocycles. The molecule has 17 heavy (non-hydrogen) atoms. The molecule has 0 radical (unpaired) electrons. The minimum absolute atomic E-state index is 0.235. The van der Waals surface area contributed by atoms with Gasteiger partial charge in [0.15, 0.2) is 5.78 Å². The van der Waals surface area contributed by atoms with Crippen molar-refractivity contribution in [3.05, 3.63) is 16.4 Å². The van der Waals surface area contributed by atoms with Gasteiger partial charge in [0.05, 0.1) is 10.7 Å². The topological polar surface area (TPSA) is 34.9 Å². The van der Waals surface area contributed by atoms with Crippen molar-refractivity contribution >= 4 is 21.7 Å². The van der Waals surface area contributed by atoms with Crippen LogP contribution in [0.1, 0.15) is 49.6 Å². The molecule has 0 N–H and O–H groups in total. The van der Waals surface area contributed by atoms with Crippen LogP contribution in [0.15, 0.2) is 10.7 Å². The van der Waals surface area contributed by atoms with Crippen LogP contribution < -0.4 is 0 Å². The fraction of sp³-hybridized carbons (Fsp3) is 0.692. The highest BCUT2D eigenvalue weighted by atomic mass is 79.9. The normalized spacial score (nSPS) is 30.7. The third kappa shape index (κ3) is 1.68. The molecule has 0 aromatic carbocycles. The molecule has 2 aliphatic rings. The Kier molecular flexibility index (Phi) is 2.65. The number of carbonyl (C=O) groups excluding carboxylic acids is 1. The Hall–Kier alpha value is -0.640. The maximum atomic E-state index is 12.5. The highest BCUT2D eigenvalue weighted by Gasteiger charge is 2.57. The second-order valence-electron chi connectivity index (χ2n) is 5.53. The van der Waals surface area contributed by atoms with E-state index in [1.54, 1.807) is 6.20 Å². The molecule has 3 nitrogen and oxygen atoms in total. The van der Waals surface area contributed by atoms with Crippen LogP contribution in [-0.2, 0) is 0 Å². The van der Waals surface area contributed by atoms with E-state index < -0.39 is 0 Å². The lowest BCUT2D eigenvalue weighted by Crippen LogP contribution is -2.16. The van der Waals surface area contributed by atoms with Gasteiger partial charge in [0.25, 0.3) is 0 Å². The van der Waals surface area contributed by atoms with Crippen molar-refractivity contribution in [3.63, 3.8) is 0 Å². The predicted octanol–water partition coefficient (Wildman–Crippen LogP) is 3.46. The molecule has 0 amide bonds. The van der Waals surface area contributed by atoms with Crippen molar-refractivity contribution in [2.45, 2.75) is 39.2 Å². The van der Waals surface area contributed by atoms with Crippen molar-refractivity contribution < 1.29 is 4.79 Å². The zero-order valence-corrected chi connectivity index (χ0v) is 11.8. The summed E-state index contributed by atoms with van der Waals surface area (Å²) < 4.78 is 2.70. The van der Waals surface area contributed by atoms with E-state index in [2.05, 4.69) is 34.9 Å². The fourth-order valence-corrected chi connectivity index (χ4v) is 3.80. The average Bonchev–Trinajstić information content (AvgIpc) is 2.65. The minimum Gasteiger partial charge on any atom is -0.292 e. The van der Waals surface area contributed by atoms with Crippen LogP contribution in [0.25, 0.3) is 0 Å². The van der Waals surface area contributed by atoms with Crippen molar-refractivity contribution in [3.8, 4) is 0 Å². The van der Waals surface area contributed by atoms with E-state index in [0.717, 1.165) is 10.2 Å². The molecule has 2 fully saturated rings. The van der Waals surface area contributed by atoms with Gasteiger partial charge < -0.3 is 0 Å². The van der Waals surface area contributed by atoms with Gasteiger partial charge in [-0.15, -0.1) is 0 Å². The largest absolute Gasteiger partial charge is 0.292 e. The molecule has 1 aromatic rings. The molecule has 2 unspecified atom stereocenters. The SMILES string of the molecule is CC(C)n1ncc(Br)c1C(=O)C1C2CCCC21. The maximum Gasteiger partial charge on any atom is 0.185 e. The maximum absolute atomic E-state index is 12.5. The molecule has 0 spiro atoms. The molecular weight excluding hydrogens is 280 g/mol. The van der Waals surface area contributed by atoms with E-state index in [1.165, 1.54) is 19.3 Å². The van der Waals surface area contributed by atoms with Gasteiger partial charge in [-0.05, 0) is 54.5 Å². The summed E-state index contributed by atoms with van der Waals surface area (Å²) >= 11 is 3.46. The summed E-state index contributed by atoms with van der Waals surface area (Å²) in [5.74, 6) is 1.93. The Morgan fingerprint density at radius 1 is 1.47 bits per heavy atom. The second kappa shape index (κ2) is 3.94. The Bertz CT molecular complexity index is 456. The van der Waals surface area contributed by atoms with E-state index in [4.69, 9.17) is 0 Å². The van der Waals surface area contributed by atoms with Crippen molar-refractivity contribution in [1.82, 2.24) is 9.78 Å². The van der Waals surface area contributed by atoms with E-state index >= 15 is 0 Å². The number of rotatable bonds is 3. The van der Waals surface area contributed by atoms with E-state index in [1.807, 2.05) is 4.68 Å². The molecule has 2 saturated carbocycles. The number of hydrogen-bond acceptors (Lipinski definition) is 2. The molecule has 4 heteroatoms. The Balaban J connectivity index is 1.89. The standard InChI is InChI=1S/C13H17BrN2O/c1-7(2)16-12(10(14)6-15-16)13(17)11-8-4-3-5-9(8)11/h6-9,11H,3-5H2,1-2H3. The summed E-state index contributed by atoms with van der Waals surface area (Å²) in [6, 6.07) is 0.235. The molecule has 2 aliphatic carbocycles. The third-order valence-electron chi connectivity index (χ3n) is 4.18. The molecule has 0 aliphatic heterocycles. The summed E-state index contributed by atoms with van der Waals surface area (Å²) in [5, 5.41) is 4.29. The highest BCUT2D eigenvalue weighted by molar-refractivity contribution is 9.10. The number of ketones is 1. The van der Waals surface area contributed by atoms with Crippen LogP contribution in [0.3, 0.4) is 0 Å². The predicted molar refractivity (Wildman–Crippen MR) is 69.0 cm³/mol. The van der Waals surface area contributed by atoms with Gasteiger partial charge in [0.2, 0.25) is 0 Å². The van der Waals surface area contributed by atoms with Gasteiger partial charge in [0, 0.05) is 12.0 Å². The minimum atomic E-state index is 0.235. The number of carbonyl (C=O) groups is 1. The Labute approximate surface area is 110 Å². The van der Waals surface area contributed by atoms with Crippen molar-refractivity contribution in [2.24, 2.45) is 17.8 Å². The monoisotopic (exact) mass is 296 g/mol. The van der Waals surface area contributed by atoms with Crippen molar-refractivity contribution in [1.29, 1.82) is 0 Å². The molecular formula is C13H17BrN2O. The van der Waals surface area contributed by atoms with Gasteiger partial charge in [-0.25, -0.2) is 0 Å². The average molecular weight is 297 g/mol. The number of halogens is 1. The lowest BCUT2D eigenvalue weighted by molar-refractivity contribution is 0.0938. The molecule has 2 atom stereocenters. The number of nitrogens with zero attached hydrogens (tertiary/aromatic N) is 2. The van der Waals surface area contributed by atoms with Gasteiger partial charge in [-0.3, -0.25) is 9.48 Å². The lowest BCUT2D eigenvalue weighted by atomic mass is 10.1. The van der Waals surface area contributed by atoms with Crippen LogP contribution >= 0.6 is 15.9 Å². The van der Waals surface area contributed by atoms with Crippen LogP contribution in [0.5, 0.6) is 0 Å². The molecule has 1 aromatic heterocycles. The van der Waals surface area contributed by atoms with Gasteiger partial charge >= 0.3 is 0 Å². The summed E-state index contributed by atoms with van der Waals surface area (Å²) in [5.41, 5.74) is 0.777. The lowest BCUT2D eigenvalue weighted by Gasteiger charge is -2.11. The summed E-state index contributed by atoms with van der Waals surface area (Å²) in [6.45, 7) is 4.12. The van der Waals surface area contributed by atoms with Gasteiger partial charge in [0.1, 0.15) is 5.69 Å². The summed E-state index contributed by atoms with van der Waals surface area (Å²) in [4.78, 5) is 12.5. The number of aromatic nitrogens is 2. The van der Waals surface area contributed by atoms with Crippen LogP contribution in [0, 0.1) is 17.8 Å². The molecule has 0 bridgehead atoms. The third-order valence-corrected chi connectivity index (χ3v) is 4.76. The Morgan fingerprint density at radius 2 is 2.12 bits per heavy atom. The van der Waals surface area contributed by atoms with Crippen LogP contribution in [0.2, 0.25) is 0 Å². The first kappa shape index (κ1) is 11.5. The Morgan fingerprint density at radius 3 is 2.71 bits per heavy atom. The fourth-order valence-electron chi connectivity index (χ4n) is 3.33. The quantitative estimate of drug-likeness (QED) is 0.801. The summed E-state index contributed by atoms with van der Waals surface area (Å²) in [6.07, 6.45) is 5.54. The first-order valence-electron chi connectivity index (χ1n) is 6.38. The van der Waals surface area contributed by atoms with Crippen LogP contribution in [-0.4, -0.2) is 15.6 Å². The zero-order chi connectivity index (χ0) is 12.2. The molecule has 3 rings (SSSR count). The first-order chi connectivity index (χ1) is 8.11. The number of Topliss-reactive ketones (excluding diaryl/α,β-unsaturated/α-hetero) is 1. The zero-order valence-electron chi connectivity index (χ0n) is 10.2. The number of fused-ring (bicyclic) bond motifs is 1. The highest BCUT2D eigenvalue weighted by Crippen LogP contribution is 2.58. The van der Waals surface area contributed by atoms with Gasteiger partial charge in [-0.1, -0.05) is 6.42 Å². The first-order valence-corrected chi connectivity index (χ1v) is 7.17. The van der Waals surface area contributed by atoms with E-state index in [-0.39, 0.29) is 12.0 Å². The molecule has 92 valence electrons. The number of hydrogen-bond donors (Lipinski definition) is 0.